The highest BCUT2D eigenvalue weighted by molar-refractivity contribution is 5.87. The molecular formula is C13H17NO3. The number of nitrogens with zero attached hydrogens (tertiary/aromatic N) is 1. The Labute approximate surface area is 101 Å². The third kappa shape index (κ3) is 3.90. The Morgan fingerprint density at radius 2 is 1.82 bits per heavy atom. The first-order valence-electron chi connectivity index (χ1n) is 5.60. The fourth-order valence-corrected chi connectivity index (χ4v) is 1.43. The highest BCUT2D eigenvalue weighted by Crippen LogP contribution is 2.07. The molecule has 0 aromatic heterocycles. The first-order valence-corrected chi connectivity index (χ1v) is 5.60. The van der Waals surface area contributed by atoms with Gasteiger partial charge in [0.2, 0.25) is 5.91 Å². The maximum Gasteiger partial charge on any atom is 0.335 e. The van der Waals surface area contributed by atoms with Gasteiger partial charge in [-0.15, -0.1) is 0 Å². The van der Waals surface area contributed by atoms with Crippen LogP contribution in [0, 0.1) is 0 Å². The summed E-state index contributed by atoms with van der Waals surface area (Å²) in [6.07, 6.45) is 1.10. The molecule has 1 rings (SSSR count). The minimum Gasteiger partial charge on any atom is -0.478 e. The number of carboxylic acids is 1. The number of carbonyl (C=O) groups is 2. The average Bonchev–Trinajstić information content (AvgIpc) is 2.35. The molecule has 4 nitrogen and oxygen atoms in total. The maximum absolute atomic E-state index is 11.6. The lowest BCUT2D eigenvalue weighted by Gasteiger charge is -2.14. The first-order chi connectivity index (χ1) is 8.04. The molecule has 0 atom stereocenters. The molecule has 0 spiro atoms. The largest absolute Gasteiger partial charge is 0.478 e. The molecule has 1 aromatic carbocycles. The topological polar surface area (TPSA) is 57.6 Å². The van der Waals surface area contributed by atoms with Gasteiger partial charge in [-0.3, -0.25) is 4.79 Å². The molecule has 0 unspecified atom stereocenters. The molecule has 0 saturated heterocycles. The molecule has 0 fully saturated rings. The number of carbonyl (C=O) groups excluding carboxylic acids is 1. The zero-order valence-electron chi connectivity index (χ0n) is 10.1. The smallest absolute Gasteiger partial charge is 0.335 e. The number of rotatable bonds is 5. The van der Waals surface area contributed by atoms with Gasteiger partial charge in [0.1, 0.15) is 0 Å². The average molecular weight is 235 g/mol. The Balaban J connectivity index is 2.53. The van der Waals surface area contributed by atoms with E-state index in [1.165, 1.54) is 0 Å². The molecule has 17 heavy (non-hydrogen) atoms. The summed E-state index contributed by atoms with van der Waals surface area (Å²) in [6, 6.07) is 6.63. The Morgan fingerprint density at radius 3 is 2.29 bits per heavy atom. The van der Waals surface area contributed by atoms with Crippen LogP contribution in [0.4, 0.5) is 0 Å². The van der Waals surface area contributed by atoms with Crippen molar-refractivity contribution < 1.29 is 14.7 Å². The van der Waals surface area contributed by atoms with E-state index in [9.17, 15) is 9.59 Å². The quantitative estimate of drug-likeness (QED) is 0.846. The lowest BCUT2D eigenvalue weighted by atomic mass is 10.1. The van der Waals surface area contributed by atoms with Crippen LogP contribution in [0.25, 0.3) is 0 Å². The Morgan fingerprint density at radius 1 is 1.24 bits per heavy atom. The number of benzene rings is 1. The van der Waals surface area contributed by atoms with Gasteiger partial charge in [-0.05, 0) is 31.0 Å². The van der Waals surface area contributed by atoms with Gasteiger partial charge in [0.25, 0.3) is 0 Å². The Bertz CT molecular complexity index is 398. The second kappa shape index (κ2) is 6.03. The molecule has 1 N–H and O–H groups in total. The van der Waals surface area contributed by atoms with Crippen LogP contribution in [0.5, 0.6) is 0 Å². The van der Waals surface area contributed by atoms with Crippen LogP contribution in [-0.4, -0.2) is 35.5 Å². The van der Waals surface area contributed by atoms with Gasteiger partial charge >= 0.3 is 5.97 Å². The molecule has 4 heteroatoms. The molecule has 92 valence electrons. The van der Waals surface area contributed by atoms with Crippen LogP contribution in [0.2, 0.25) is 0 Å². The summed E-state index contributed by atoms with van der Waals surface area (Å²) in [4.78, 5) is 23.9. The predicted molar refractivity (Wildman–Crippen MR) is 65.0 cm³/mol. The van der Waals surface area contributed by atoms with Gasteiger partial charge in [0.15, 0.2) is 0 Å². The number of amides is 1. The Kier molecular flexibility index (Phi) is 4.69. The van der Waals surface area contributed by atoms with Crippen LogP contribution in [-0.2, 0) is 11.2 Å². The third-order valence-electron chi connectivity index (χ3n) is 2.73. The molecular weight excluding hydrogens is 218 g/mol. The maximum atomic E-state index is 11.6. The van der Waals surface area contributed by atoms with E-state index in [1.807, 2.05) is 6.92 Å². The van der Waals surface area contributed by atoms with Crippen LogP contribution in [0.1, 0.15) is 29.3 Å². The summed E-state index contributed by atoms with van der Waals surface area (Å²) < 4.78 is 0. The monoisotopic (exact) mass is 235 g/mol. The van der Waals surface area contributed by atoms with Crippen LogP contribution in [0.15, 0.2) is 24.3 Å². The van der Waals surface area contributed by atoms with E-state index in [1.54, 1.807) is 36.2 Å². The van der Waals surface area contributed by atoms with E-state index >= 15 is 0 Å². The van der Waals surface area contributed by atoms with Crippen molar-refractivity contribution >= 4 is 11.9 Å². The molecule has 1 aromatic rings. The van der Waals surface area contributed by atoms with Crippen LogP contribution < -0.4 is 0 Å². The number of carboxylic acid groups (broad SMARTS) is 1. The Hall–Kier alpha value is -1.84. The van der Waals surface area contributed by atoms with E-state index in [2.05, 4.69) is 0 Å². The van der Waals surface area contributed by atoms with Gasteiger partial charge in [-0.25, -0.2) is 4.79 Å². The van der Waals surface area contributed by atoms with Crippen molar-refractivity contribution in [3.8, 4) is 0 Å². The van der Waals surface area contributed by atoms with Gasteiger partial charge in [0, 0.05) is 20.0 Å². The predicted octanol–water partition coefficient (Wildman–Crippen LogP) is 1.80. The summed E-state index contributed by atoms with van der Waals surface area (Å²) in [6.45, 7) is 2.64. The second-order valence-corrected chi connectivity index (χ2v) is 3.91. The molecule has 0 bridgehead atoms. The number of aromatic carboxylic acids is 1. The zero-order valence-corrected chi connectivity index (χ0v) is 10.1. The van der Waals surface area contributed by atoms with Crippen molar-refractivity contribution in [1.82, 2.24) is 4.90 Å². The van der Waals surface area contributed by atoms with E-state index in [4.69, 9.17) is 5.11 Å². The van der Waals surface area contributed by atoms with E-state index < -0.39 is 5.97 Å². The zero-order chi connectivity index (χ0) is 12.8. The fourth-order valence-electron chi connectivity index (χ4n) is 1.43. The normalized spacial score (nSPS) is 10.0. The molecule has 0 aliphatic rings. The number of aryl methyl sites for hydroxylation is 1. The van der Waals surface area contributed by atoms with Gasteiger partial charge in [0.05, 0.1) is 5.56 Å². The van der Waals surface area contributed by atoms with E-state index in [-0.39, 0.29) is 11.5 Å². The summed E-state index contributed by atoms with van der Waals surface area (Å²) in [5.41, 5.74) is 1.25. The number of hydrogen-bond acceptors (Lipinski definition) is 2. The van der Waals surface area contributed by atoms with Crippen LogP contribution in [0.3, 0.4) is 0 Å². The molecule has 0 radical (unpaired) electrons. The second-order valence-electron chi connectivity index (χ2n) is 3.91. The van der Waals surface area contributed by atoms with Crippen molar-refractivity contribution in [3.05, 3.63) is 35.4 Å². The molecule has 1 amide bonds. The third-order valence-corrected chi connectivity index (χ3v) is 2.73. The number of hydrogen-bond donors (Lipinski definition) is 1. The molecule has 0 saturated carbocycles. The summed E-state index contributed by atoms with van der Waals surface area (Å²) in [5.74, 6) is -0.826. The van der Waals surface area contributed by atoms with Gasteiger partial charge < -0.3 is 10.0 Å². The van der Waals surface area contributed by atoms with Crippen molar-refractivity contribution in [2.75, 3.05) is 13.6 Å². The van der Waals surface area contributed by atoms with E-state index in [0.717, 1.165) is 5.56 Å². The minimum atomic E-state index is -0.932. The van der Waals surface area contributed by atoms with Crippen molar-refractivity contribution in [1.29, 1.82) is 0 Å². The lowest BCUT2D eigenvalue weighted by molar-refractivity contribution is -0.129. The SMILES string of the molecule is CCN(C)C(=O)CCc1ccc(C(=O)O)cc1. The van der Waals surface area contributed by atoms with E-state index in [0.29, 0.717) is 19.4 Å². The van der Waals surface area contributed by atoms with Crippen molar-refractivity contribution in [3.63, 3.8) is 0 Å². The van der Waals surface area contributed by atoms with Gasteiger partial charge in [-0.2, -0.15) is 0 Å². The fraction of sp³-hybridized carbons (Fsp3) is 0.385. The van der Waals surface area contributed by atoms with Gasteiger partial charge in [-0.1, -0.05) is 12.1 Å². The first kappa shape index (κ1) is 13.2. The summed E-state index contributed by atoms with van der Waals surface area (Å²) in [5, 5.41) is 8.74. The summed E-state index contributed by atoms with van der Waals surface area (Å²) in [7, 11) is 1.77. The molecule has 0 heterocycles. The molecule has 0 aliphatic carbocycles. The molecule has 0 aliphatic heterocycles. The van der Waals surface area contributed by atoms with Crippen LogP contribution >= 0.6 is 0 Å². The highest BCUT2D eigenvalue weighted by atomic mass is 16.4. The minimum absolute atomic E-state index is 0.106. The van der Waals surface area contributed by atoms with Crippen molar-refractivity contribution in [2.45, 2.75) is 19.8 Å². The standard InChI is InChI=1S/C13H17NO3/c1-3-14(2)12(15)9-6-10-4-7-11(8-5-10)13(16)17/h4-5,7-8H,3,6,9H2,1-2H3,(H,16,17). The van der Waals surface area contributed by atoms with Crippen molar-refractivity contribution in [2.24, 2.45) is 0 Å². The highest BCUT2D eigenvalue weighted by Gasteiger charge is 2.07. The summed E-state index contributed by atoms with van der Waals surface area (Å²) >= 11 is 0. The lowest BCUT2D eigenvalue weighted by Crippen LogP contribution is -2.26.